The molecule has 2 unspecified atom stereocenters. The molecule has 0 bridgehead atoms. The fourth-order valence-corrected chi connectivity index (χ4v) is 3.00. The van der Waals surface area contributed by atoms with E-state index in [1.807, 2.05) is 6.92 Å². The third-order valence-corrected chi connectivity index (χ3v) is 4.48. The van der Waals surface area contributed by atoms with Gasteiger partial charge in [0.05, 0.1) is 5.41 Å². The standard InChI is InChI=1S/C17H22FNO3/c1-12(13-6-3-4-7-14(13)18)10-15(20)19-9-5-8-17(2,11-19)16(21)22/h3-4,6-7,12H,5,8-11H2,1-2H3,(H,21,22). The number of carboxylic acid groups (broad SMARTS) is 1. The molecule has 1 aromatic carbocycles. The lowest BCUT2D eigenvalue weighted by Crippen LogP contribution is -2.48. The summed E-state index contributed by atoms with van der Waals surface area (Å²) in [5, 5.41) is 9.31. The average Bonchev–Trinajstić information content (AvgIpc) is 2.47. The Labute approximate surface area is 129 Å². The summed E-state index contributed by atoms with van der Waals surface area (Å²) in [6, 6.07) is 6.45. The van der Waals surface area contributed by atoms with E-state index in [4.69, 9.17) is 0 Å². The van der Waals surface area contributed by atoms with Gasteiger partial charge in [-0.05, 0) is 37.3 Å². The molecule has 1 N–H and O–H groups in total. The number of hydrogen-bond acceptors (Lipinski definition) is 2. The monoisotopic (exact) mass is 307 g/mol. The zero-order valence-corrected chi connectivity index (χ0v) is 13.0. The molecule has 1 heterocycles. The molecule has 0 saturated carbocycles. The van der Waals surface area contributed by atoms with Gasteiger partial charge in [-0.1, -0.05) is 25.1 Å². The van der Waals surface area contributed by atoms with Gasteiger partial charge in [0.1, 0.15) is 5.82 Å². The number of benzene rings is 1. The van der Waals surface area contributed by atoms with Gasteiger partial charge in [0.2, 0.25) is 5.91 Å². The number of halogens is 1. The van der Waals surface area contributed by atoms with E-state index in [0.29, 0.717) is 24.9 Å². The van der Waals surface area contributed by atoms with Crippen LogP contribution in [0.4, 0.5) is 4.39 Å². The number of carbonyl (C=O) groups is 2. The molecular formula is C17H22FNO3. The van der Waals surface area contributed by atoms with E-state index in [1.54, 1.807) is 30.0 Å². The Balaban J connectivity index is 2.03. The van der Waals surface area contributed by atoms with Crippen molar-refractivity contribution in [3.63, 3.8) is 0 Å². The maximum Gasteiger partial charge on any atom is 0.311 e. The zero-order chi connectivity index (χ0) is 16.3. The van der Waals surface area contributed by atoms with Crippen LogP contribution in [0.25, 0.3) is 0 Å². The van der Waals surface area contributed by atoms with Gasteiger partial charge in [-0.3, -0.25) is 9.59 Å². The first-order valence-electron chi connectivity index (χ1n) is 7.59. The van der Waals surface area contributed by atoms with Crippen molar-refractivity contribution in [1.29, 1.82) is 0 Å². The van der Waals surface area contributed by atoms with Crippen LogP contribution >= 0.6 is 0 Å². The highest BCUT2D eigenvalue weighted by Gasteiger charge is 2.39. The van der Waals surface area contributed by atoms with Gasteiger partial charge in [-0.2, -0.15) is 0 Å². The number of amides is 1. The molecule has 120 valence electrons. The van der Waals surface area contributed by atoms with Gasteiger partial charge in [-0.25, -0.2) is 4.39 Å². The summed E-state index contributed by atoms with van der Waals surface area (Å²) in [6.07, 6.45) is 1.45. The van der Waals surface area contributed by atoms with Crippen LogP contribution in [0.15, 0.2) is 24.3 Å². The highest BCUT2D eigenvalue weighted by atomic mass is 19.1. The highest BCUT2D eigenvalue weighted by Crippen LogP contribution is 2.31. The van der Waals surface area contributed by atoms with Crippen LogP contribution in [-0.4, -0.2) is 35.0 Å². The number of rotatable bonds is 4. The van der Waals surface area contributed by atoms with Crippen LogP contribution in [-0.2, 0) is 9.59 Å². The molecule has 1 saturated heterocycles. The van der Waals surface area contributed by atoms with Crippen molar-refractivity contribution in [3.05, 3.63) is 35.6 Å². The van der Waals surface area contributed by atoms with Gasteiger partial charge in [0.25, 0.3) is 0 Å². The fourth-order valence-electron chi connectivity index (χ4n) is 3.00. The first-order valence-corrected chi connectivity index (χ1v) is 7.59. The second-order valence-corrected chi connectivity index (χ2v) is 6.41. The number of nitrogens with zero attached hydrogens (tertiary/aromatic N) is 1. The van der Waals surface area contributed by atoms with E-state index in [2.05, 4.69) is 0 Å². The van der Waals surface area contributed by atoms with Crippen molar-refractivity contribution in [2.24, 2.45) is 5.41 Å². The maximum atomic E-state index is 13.8. The zero-order valence-electron chi connectivity index (χ0n) is 13.0. The van der Waals surface area contributed by atoms with Crippen molar-refractivity contribution in [3.8, 4) is 0 Å². The summed E-state index contributed by atoms with van der Waals surface area (Å²) in [5.74, 6) is -1.52. The Morgan fingerprint density at radius 1 is 1.41 bits per heavy atom. The van der Waals surface area contributed by atoms with Gasteiger partial charge >= 0.3 is 5.97 Å². The summed E-state index contributed by atoms with van der Waals surface area (Å²) in [4.78, 5) is 25.4. The van der Waals surface area contributed by atoms with E-state index in [1.165, 1.54) is 6.07 Å². The average molecular weight is 307 g/mol. The first kappa shape index (κ1) is 16.5. The second-order valence-electron chi connectivity index (χ2n) is 6.41. The Bertz CT molecular complexity index is 575. The van der Waals surface area contributed by atoms with Crippen molar-refractivity contribution in [2.75, 3.05) is 13.1 Å². The largest absolute Gasteiger partial charge is 0.481 e. The Morgan fingerprint density at radius 2 is 2.09 bits per heavy atom. The number of piperidine rings is 1. The van der Waals surface area contributed by atoms with Crippen molar-refractivity contribution < 1.29 is 19.1 Å². The lowest BCUT2D eigenvalue weighted by Gasteiger charge is -2.38. The van der Waals surface area contributed by atoms with Gasteiger partial charge < -0.3 is 10.0 Å². The molecule has 1 amide bonds. The minimum Gasteiger partial charge on any atom is -0.481 e. The van der Waals surface area contributed by atoms with E-state index in [0.717, 1.165) is 0 Å². The maximum absolute atomic E-state index is 13.8. The van der Waals surface area contributed by atoms with E-state index in [-0.39, 0.29) is 30.6 Å². The van der Waals surface area contributed by atoms with E-state index < -0.39 is 11.4 Å². The molecule has 2 atom stereocenters. The highest BCUT2D eigenvalue weighted by molar-refractivity contribution is 5.80. The normalized spacial score (nSPS) is 23.1. The number of hydrogen-bond donors (Lipinski definition) is 1. The summed E-state index contributed by atoms with van der Waals surface area (Å²) >= 11 is 0. The van der Waals surface area contributed by atoms with Gasteiger partial charge in [0, 0.05) is 19.5 Å². The minimum atomic E-state index is -0.880. The van der Waals surface area contributed by atoms with Crippen LogP contribution in [0.5, 0.6) is 0 Å². The summed E-state index contributed by atoms with van der Waals surface area (Å²) < 4.78 is 13.8. The molecule has 1 aromatic rings. The summed E-state index contributed by atoms with van der Waals surface area (Å²) in [7, 11) is 0. The topological polar surface area (TPSA) is 57.6 Å². The van der Waals surface area contributed by atoms with Crippen LogP contribution in [0, 0.1) is 11.2 Å². The second kappa shape index (κ2) is 6.46. The molecule has 2 rings (SSSR count). The van der Waals surface area contributed by atoms with Crippen LogP contribution in [0.3, 0.4) is 0 Å². The summed E-state index contributed by atoms with van der Waals surface area (Å²) in [6.45, 7) is 4.29. The lowest BCUT2D eigenvalue weighted by atomic mass is 9.81. The number of aliphatic carboxylic acids is 1. The Morgan fingerprint density at radius 3 is 2.73 bits per heavy atom. The predicted molar refractivity (Wildman–Crippen MR) is 81.0 cm³/mol. The molecule has 0 aliphatic carbocycles. The molecule has 0 aromatic heterocycles. The molecule has 1 aliphatic rings. The minimum absolute atomic E-state index is 0.108. The molecule has 0 spiro atoms. The van der Waals surface area contributed by atoms with Gasteiger partial charge in [-0.15, -0.1) is 0 Å². The molecule has 4 nitrogen and oxygen atoms in total. The molecule has 0 radical (unpaired) electrons. The quantitative estimate of drug-likeness (QED) is 0.930. The third kappa shape index (κ3) is 3.46. The molecule has 1 aliphatic heterocycles. The number of carbonyl (C=O) groups excluding carboxylic acids is 1. The third-order valence-electron chi connectivity index (χ3n) is 4.48. The lowest BCUT2D eigenvalue weighted by molar-refractivity contribution is -0.153. The first-order chi connectivity index (χ1) is 10.3. The van der Waals surface area contributed by atoms with Crippen LogP contribution in [0.1, 0.15) is 44.6 Å². The molecule has 5 heteroatoms. The Kier molecular flexibility index (Phi) is 4.84. The molecule has 1 fully saturated rings. The SMILES string of the molecule is CC(CC(=O)N1CCCC(C)(C(=O)O)C1)c1ccccc1F. The van der Waals surface area contributed by atoms with Crippen LogP contribution < -0.4 is 0 Å². The molecule has 22 heavy (non-hydrogen) atoms. The number of likely N-dealkylation sites (tertiary alicyclic amines) is 1. The Hall–Kier alpha value is -1.91. The fraction of sp³-hybridized carbons (Fsp3) is 0.529. The van der Waals surface area contributed by atoms with Crippen molar-refractivity contribution >= 4 is 11.9 Å². The number of carboxylic acids is 1. The van der Waals surface area contributed by atoms with Crippen LogP contribution in [0.2, 0.25) is 0 Å². The van der Waals surface area contributed by atoms with E-state index >= 15 is 0 Å². The molecular weight excluding hydrogens is 285 g/mol. The van der Waals surface area contributed by atoms with Gasteiger partial charge in [0.15, 0.2) is 0 Å². The smallest absolute Gasteiger partial charge is 0.311 e. The summed E-state index contributed by atoms with van der Waals surface area (Å²) in [5.41, 5.74) is -0.358. The van der Waals surface area contributed by atoms with Crippen molar-refractivity contribution in [1.82, 2.24) is 4.90 Å². The van der Waals surface area contributed by atoms with E-state index in [9.17, 15) is 19.1 Å². The van der Waals surface area contributed by atoms with Crippen molar-refractivity contribution in [2.45, 2.75) is 39.0 Å². The predicted octanol–water partition coefficient (Wildman–Crippen LogP) is 3.03.